The van der Waals surface area contributed by atoms with Gasteiger partial charge in [-0.15, -0.1) is 0 Å². The van der Waals surface area contributed by atoms with Crippen LogP contribution < -0.4 is 5.32 Å². The van der Waals surface area contributed by atoms with Crippen molar-refractivity contribution < 1.29 is 13.2 Å². The third-order valence-electron chi connectivity index (χ3n) is 2.30. The van der Waals surface area contributed by atoms with E-state index in [9.17, 15) is 13.2 Å². The van der Waals surface area contributed by atoms with E-state index in [1.54, 1.807) is 12.1 Å². The van der Waals surface area contributed by atoms with Gasteiger partial charge in [-0.05, 0) is 24.6 Å². The maximum atomic E-state index is 11.5. The molecule has 1 aromatic rings. The number of unbranched alkanes of at least 4 members (excludes halogenated alkanes) is 1. The molecule has 0 aliphatic carbocycles. The van der Waals surface area contributed by atoms with Crippen LogP contribution in [0.5, 0.6) is 0 Å². The fraction of sp³-hybridized carbons (Fsp3) is 0.417. The van der Waals surface area contributed by atoms with E-state index in [0.717, 1.165) is 19.1 Å². The fourth-order valence-corrected chi connectivity index (χ4v) is 2.03. The first-order valence-electron chi connectivity index (χ1n) is 5.53. The summed E-state index contributed by atoms with van der Waals surface area (Å²) < 4.78 is 22.7. The van der Waals surface area contributed by atoms with Gasteiger partial charge in [0.1, 0.15) is 0 Å². The van der Waals surface area contributed by atoms with E-state index in [1.807, 2.05) is 6.92 Å². The summed E-state index contributed by atoms with van der Waals surface area (Å²) in [6, 6.07) is 6.28. The quantitative estimate of drug-likeness (QED) is 0.877. The first kappa shape index (κ1) is 13.7. The Balaban J connectivity index is 2.76. The summed E-state index contributed by atoms with van der Waals surface area (Å²) in [5.41, 5.74) is 0.522. The van der Waals surface area contributed by atoms with Crippen LogP contribution in [-0.2, 0) is 14.6 Å². The van der Waals surface area contributed by atoms with Gasteiger partial charge < -0.3 is 5.32 Å². The Morgan fingerprint density at radius 1 is 1.35 bits per heavy atom. The SMILES string of the molecule is CCCCC(=O)Nc1cccc(S(C)(=O)=O)c1. The average Bonchev–Trinajstić information content (AvgIpc) is 2.25. The maximum Gasteiger partial charge on any atom is 0.224 e. The molecule has 0 spiro atoms. The molecule has 17 heavy (non-hydrogen) atoms. The topological polar surface area (TPSA) is 63.2 Å². The Morgan fingerprint density at radius 2 is 2.06 bits per heavy atom. The summed E-state index contributed by atoms with van der Waals surface area (Å²) in [6.07, 6.45) is 3.39. The average molecular weight is 255 g/mol. The van der Waals surface area contributed by atoms with Gasteiger partial charge in [-0.1, -0.05) is 19.4 Å². The van der Waals surface area contributed by atoms with Gasteiger partial charge in [0.15, 0.2) is 9.84 Å². The van der Waals surface area contributed by atoms with Crippen molar-refractivity contribution >= 4 is 21.4 Å². The molecule has 1 amide bonds. The van der Waals surface area contributed by atoms with E-state index in [1.165, 1.54) is 12.1 Å². The molecular formula is C12H17NO3S. The van der Waals surface area contributed by atoms with E-state index >= 15 is 0 Å². The van der Waals surface area contributed by atoms with Crippen molar-refractivity contribution in [2.24, 2.45) is 0 Å². The van der Waals surface area contributed by atoms with Crippen molar-refractivity contribution in [3.05, 3.63) is 24.3 Å². The molecule has 0 heterocycles. The molecule has 5 heteroatoms. The first-order chi connectivity index (χ1) is 7.93. The van der Waals surface area contributed by atoms with Gasteiger partial charge in [-0.2, -0.15) is 0 Å². The molecule has 1 N–H and O–H groups in total. The van der Waals surface area contributed by atoms with Gasteiger partial charge in [0, 0.05) is 18.4 Å². The lowest BCUT2D eigenvalue weighted by atomic mass is 10.2. The molecule has 0 aromatic heterocycles. The minimum absolute atomic E-state index is 0.0856. The Hall–Kier alpha value is -1.36. The number of nitrogens with one attached hydrogen (secondary N) is 1. The largest absolute Gasteiger partial charge is 0.326 e. The highest BCUT2D eigenvalue weighted by Crippen LogP contribution is 2.15. The van der Waals surface area contributed by atoms with E-state index in [4.69, 9.17) is 0 Å². The number of hydrogen-bond donors (Lipinski definition) is 1. The molecule has 1 rings (SSSR count). The summed E-state index contributed by atoms with van der Waals surface area (Å²) in [5, 5.41) is 2.69. The summed E-state index contributed by atoms with van der Waals surface area (Å²) in [7, 11) is -3.23. The second-order valence-electron chi connectivity index (χ2n) is 3.95. The van der Waals surface area contributed by atoms with Crippen molar-refractivity contribution in [1.82, 2.24) is 0 Å². The molecule has 1 aromatic carbocycles. The Kier molecular flexibility index (Phi) is 4.69. The van der Waals surface area contributed by atoms with Crippen LogP contribution >= 0.6 is 0 Å². The lowest BCUT2D eigenvalue weighted by Crippen LogP contribution is -2.11. The standard InChI is InChI=1S/C12H17NO3S/c1-3-4-8-12(14)13-10-6-5-7-11(9-10)17(2,15)16/h5-7,9H,3-4,8H2,1-2H3,(H,13,14). The van der Waals surface area contributed by atoms with Crippen molar-refractivity contribution in [3.8, 4) is 0 Å². The number of sulfone groups is 1. The summed E-state index contributed by atoms with van der Waals surface area (Å²) in [4.78, 5) is 11.7. The van der Waals surface area contributed by atoms with E-state index < -0.39 is 9.84 Å². The highest BCUT2D eigenvalue weighted by Gasteiger charge is 2.08. The minimum atomic E-state index is -3.23. The lowest BCUT2D eigenvalue weighted by Gasteiger charge is -2.06. The Labute approximate surface area is 102 Å². The van der Waals surface area contributed by atoms with E-state index in [2.05, 4.69) is 5.32 Å². The number of amides is 1. The van der Waals surface area contributed by atoms with E-state index in [0.29, 0.717) is 12.1 Å². The molecule has 0 radical (unpaired) electrons. The zero-order chi connectivity index (χ0) is 12.9. The van der Waals surface area contributed by atoms with Crippen molar-refractivity contribution in [2.75, 3.05) is 11.6 Å². The first-order valence-corrected chi connectivity index (χ1v) is 7.42. The zero-order valence-electron chi connectivity index (χ0n) is 10.1. The molecule has 0 saturated carbocycles. The van der Waals surface area contributed by atoms with Gasteiger partial charge >= 0.3 is 0 Å². The summed E-state index contributed by atoms with van der Waals surface area (Å²) in [5.74, 6) is -0.0856. The van der Waals surface area contributed by atoms with Crippen LogP contribution in [0.1, 0.15) is 26.2 Å². The van der Waals surface area contributed by atoms with Gasteiger partial charge in [0.25, 0.3) is 0 Å². The van der Waals surface area contributed by atoms with Crippen LogP contribution in [0.2, 0.25) is 0 Å². The van der Waals surface area contributed by atoms with Crippen LogP contribution in [0, 0.1) is 0 Å². The van der Waals surface area contributed by atoms with Crippen LogP contribution in [0.15, 0.2) is 29.2 Å². The third kappa shape index (κ3) is 4.56. The minimum Gasteiger partial charge on any atom is -0.326 e. The summed E-state index contributed by atoms with van der Waals surface area (Å²) in [6.45, 7) is 2.01. The smallest absolute Gasteiger partial charge is 0.224 e. The van der Waals surface area contributed by atoms with Gasteiger partial charge in [-0.25, -0.2) is 8.42 Å². The molecule has 0 bridgehead atoms. The highest BCUT2D eigenvalue weighted by molar-refractivity contribution is 7.90. The molecular weight excluding hydrogens is 238 g/mol. The predicted octanol–water partition coefficient (Wildman–Crippen LogP) is 2.22. The fourth-order valence-electron chi connectivity index (χ4n) is 1.37. The molecule has 94 valence electrons. The zero-order valence-corrected chi connectivity index (χ0v) is 10.9. The van der Waals surface area contributed by atoms with Crippen molar-refractivity contribution in [2.45, 2.75) is 31.1 Å². The van der Waals surface area contributed by atoms with Gasteiger partial charge in [0.05, 0.1) is 4.90 Å². The van der Waals surface area contributed by atoms with Crippen LogP contribution in [0.25, 0.3) is 0 Å². The number of carbonyl (C=O) groups excluding carboxylic acids is 1. The normalized spacial score (nSPS) is 11.2. The van der Waals surface area contributed by atoms with Crippen LogP contribution in [-0.4, -0.2) is 20.6 Å². The molecule has 0 unspecified atom stereocenters. The second kappa shape index (κ2) is 5.82. The van der Waals surface area contributed by atoms with E-state index in [-0.39, 0.29) is 10.8 Å². The lowest BCUT2D eigenvalue weighted by molar-refractivity contribution is -0.116. The molecule has 0 fully saturated rings. The highest BCUT2D eigenvalue weighted by atomic mass is 32.2. The van der Waals surface area contributed by atoms with Crippen LogP contribution in [0.3, 0.4) is 0 Å². The second-order valence-corrected chi connectivity index (χ2v) is 5.97. The molecule has 0 saturated heterocycles. The maximum absolute atomic E-state index is 11.5. The monoisotopic (exact) mass is 255 g/mol. The molecule has 0 aliphatic rings. The number of rotatable bonds is 5. The molecule has 0 aliphatic heterocycles. The Morgan fingerprint density at radius 3 is 2.65 bits per heavy atom. The van der Waals surface area contributed by atoms with Crippen molar-refractivity contribution in [3.63, 3.8) is 0 Å². The van der Waals surface area contributed by atoms with Gasteiger partial charge in [-0.3, -0.25) is 4.79 Å². The predicted molar refractivity (Wildman–Crippen MR) is 67.7 cm³/mol. The number of benzene rings is 1. The van der Waals surface area contributed by atoms with Crippen molar-refractivity contribution in [1.29, 1.82) is 0 Å². The third-order valence-corrected chi connectivity index (χ3v) is 3.41. The summed E-state index contributed by atoms with van der Waals surface area (Å²) >= 11 is 0. The molecule has 4 nitrogen and oxygen atoms in total. The molecule has 0 atom stereocenters. The van der Waals surface area contributed by atoms with Gasteiger partial charge in [0.2, 0.25) is 5.91 Å². The Bertz CT molecular complexity index is 494. The number of anilines is 1. The number of hydrogen-bond acceptors (Lipinski definition) is 3. The number of carbonyl (C=O) groups is 1. The van der Waals surface area contributed by atoms with Crippen LogP contribution in [0.4, 0.5) is 5.69 Å².